The number of halogens is 1. The topological polar surface area (TPSA) is 64.7 Å². The molecule has 0 unspecified atom stereocenters. The fourth-order valence-electron chi connectivity index (χ4n) is 1.89. The van der Waals surface area contributed by atoms with Crippen LogP contribution in [-0.4, -0.2) is 11.8 Å². The minimum Gasteiger partial charge on any atom is -0.380 e. The molecule has 6 heteroatoms. The van der Waals surface area contributed by atoms with Crippen molar-refractivity contribution in [3.8, 4) is 0 Å². The zero-order valence-corrected chi connectivity index (χ0v) is 15.1. The molecule has 0 fully saturated rings. The van der Waals surface area contributed by atoms with Crippen molar-refractivity contribution in [2.45, 2.75) is 33.1 Å². The third-order valence-electron chi connectivity index (χ3n) is 3.36. The first-order chi connectivity index (χ1) is 10.7. The molecule has 0 saturated carbocycles. The van der Waals surface area contributed by atoms with Gasteiger partial charge in [-0.15, -0.1) is 11.3 Å². The second-order valence-electron chi connectivity index (χ2n) is 6.24. The maximum Gasteiger partial charge on any atom is 0.377 e. The molecule has 4 nitrogen and oxygen atoms in total. The lowest BCUT2D eigenvalue weighted by molar-refractivity contribution is 0.0522. The van der Waals surface area contributed by atoms with Gasteiger partial charge in [0.15, 0.2) is 5.84 Å². The van der Waals surface area contributed by atoms with Crippen LogP contribution >= 0.6 is 22.9 Å². The molecule has 1 heterocycles. The van der Waals surface area contributed by atoms with Crippen LogP contribution in [-0.2, 0) is 10.3 Å². The molecule has 23 heavy (non-hydrogen) atoms. The van der Waals surface area contributed by atoms with Crippen molar-refractivity contribution in [3.05, 3.63) is 56.2 Å². The molecule has 2 aromatic rings. The minimum absolute atomic E-state index is 0.0602. The standard InChI is InChI=1S/C17H19ClN2O2S/c1-10-9-23-14(13(10)18)16(21)22-20-15(19)11-5-7-12(8-6-11)17(2,3)4/h5-9H,1-4H3,(H2,19,20). The number of hydrogen-bond donors (Lipinski definition) is 1. The van der Waals surface area contributed by atoms with E-state index in [2.05, 4.69) is 25.9 Å². The van der Waals surface area contributed by atoms with Crippen molar-refractivity contribution in [2.75, 3.05) is 0 Å². The Morgan fingerprint density at radius 3 is 2.35 bits per heavy atom. The number of carbonyl (C=O) groups excluding carboxylic acids is 1. The van der Waals surface area contributed by atoms with Crippen LogP contribution < -0.4 is 5.73 Å². The molecule has 1 aromatic heterocycles. The van der Waals surface area contributed by atoms with E-state index in [0.717, 1.165) is 5.56 Å². The number of carbonyl (C=O) groups is 1. The number of benzene rings is 1. The van der Waals surface area contributed by atoms with Crippen molar-refractivity contribution < 1.29 is 9.63 Å². The van der Waals surface area contributed by atoms with Crippen molar-refractivity contribution in [1.29, 1.82) is 0 Å². The molecule has 2 N–H and O–H groups in total. The third-order valence-corrected chi connectivity index (χ3v) is 5.04. The SMILES string of the molecule is Cc1csc(C(=O)O/N=C(\N)c2ccc(C(C)(C)C)cc2)c1Cl. The van der Waals surface area contributed by atoms with Gasteiger partial charge in [0.05, 0.1) is 5.02 Å². The largest absolute Gasteiger partial charge is 0.380 e. The maximum atomic E-state index is 11.9. The average molecular weight is 351 g/mol. The van der Waals surface area contributed by atoms with Gasteiger partial charge >= 0.3 is 5.97 Å². The molecule has 0 aliphatic carbocycles. The van der Waals surface area contributed by atoms with E-state index in [1.807, 2.05) is 31.2 Å². The highest BCUT2D eigenvalue weighted by atomic mass is 35.5. The molecule has 0 aliphatic rings. The Kier molecular flexibility index (Phi) is 5.12. The summed E-state index contributed by atoms with van der Waals surface area (Å²) < 4.78 is 0. The molecule has 0 bridgehead atoms. The number of nitrogens with zero attached hydrogens (tertiary/aromatic N) is 1. The van der Waals surface area contributed by atoms with Crippen LogP contribution in [0, 0.1) is 6.92 Å². The summed E-state index contributed by atoms with van der Waals surface area (Å²) in [6, 6.07) is 7.68. The lowest BCUT2D eigenvalue weighted by Gasteiger charge is -2.18. The summed E-state index contributed by atoms with van der Waals surface area (Å²) in [5.41, 5.74) is 8.64. The van der Waals surface area contributed by atoms with Crippen molar-refractivity contribution in [2.24, 2.45) is 10.9 Å². The van der Waals surface area contributed by atoms with Gasteiger partial charge in [-0.05, 0) is 28.8 Å². The van der Waals surface area contributed by atoms with Crippen molar-refractivity contribution in [1.82, 2.24) is 0 Å². The lowest BCUT2D eigenvalue weighted by atomic mass is 9.87. The Bertz CT molecular complexity index is 743. The predicted octanol–water partition coefficient (Wildman–Crippen LogP) is 4.48. The number of rotatable bonds is 3. The number of amidine groups is 1. The molecule has 122 valence electrons. The van der Waals surface area contributed by atoms with E-state index in [1.54, 1.807) is 5.38 Å². The maximum absolute atomic E-state index is 11.9. The van der Waals surface area contributed by atoms with Gasteiger partial charge in [-0.1, -0.05) is 61.8 Å². The molecule has 0 spiro atoms. The quantitative estimate of drug-likeness (QED) is 0.384. The van der Waals surface area contributed by atoms with Crippen LogP contribution in [0.25, 0.3) is 0 Å². The number of nitrogens with two attached hydrogens (primary N) is 1. The van der Waals surface area contributed by atoms with E-state index in [9.17, 15) is 4.79 Å². The number of oxime groups is 1. The third kappa shape index (κ3) is 4.12. The molecular weight excluding hydrogens is 332 g/mol. The summed E-state index contributed by atoms with van der Waals surface area (Å²) in [5.74, 6) is -0.467. The summed E-state index contributed by atoms with van der Waals surface area (Å²) in [6.07, 6.45) is 0. The van der Waals surface area contributed by atoms with Gasteiger partial charge in [-0.3, -0.25) is 0 Å². The highest BCUT2D eigenvalue weighted by molar-refractivity contribution is 7.12. The summed E-state index contributed by atoms with van der Waals surface area (Å²) in [6.45, 7) is 8.22. The number of hydrogen-bond acceptors (Lipinski definition) is 4. The molecule has 0 saturated heterocycles. The molecule has 0 aliphatic heterocycles. The Balaban J connectivity index is 2.11. The van der Waals surface area contributed by atoms with E-state index in [1.165, 1.54) is 16.9 Å². The highest BCUT2D eigenvalue weighted by Gasteiger charge is 2.17. The Morgan fingerprint density at radius 2 is 1.87 bits per heavy atom. The van der Waals surface area contributed by atoms with E-state index in [4.69, 9.17) is 22.2 Å². The summed E-state index contributed by atoms with van der Waals surface area (Å²) in [4.78, 5) is 17.2. The summed E-state index contributed by atoms with van der Waals surface area (Å²) in [7, 11) is 0. The van der Waals surface area contributed by atoms with Gasteiger partial charge in [0.2, 0.25) is 0 Å². The van der Waals surface area contributed by atoms with E-state index >= 15 is 0 Å². The van der Waals surface area contributed by atoms with Crippen LogP contribution in [0.3, 0.4) is 0 Å². The zero-order chi connectivity index (χ0) is 17.2. The Labute approximate surface area is 144 Å². The van der Waals surface area contributed by atoms with E-state index in [-0.39, 0.29) is 11.3 Å². The Hall–Kier alpha value is -1.85. The molecule has 0 atom stereocenters. The van der Waals surface area contributed by atoms with Gasteiger partial charge in [-0.25, -0.2) is 4.79 Å². The van der Waals surface area contributed by atoms with Crippen LogP contribution in [0.2, 0.25) is 5.02 Å². The molecule has 0 radical (unpaired) electrons. The normalized spacial score (nSPS) is 12.3. The molecular formula is C17H19ClN2O2S. The van der Waals surface area contributed by atoms with Crippen LogP contribution in [0.4, 0.5) is 0 Å². The van der Waals surface area contributed by atoms with Crippen LogP contribution in [0.1, 0.15) is 47.1 Å². The van der Waals surface area contributed by atoms with Gasteiger partial charge in [-0.2, -0.15) is 0 Å². The number of aryl methyl sites for hydroxylation is 1. The van der Waals surface area contributed by atoms with Crippen molar-refractivity contribution >= 4 is 34.7 Å². The average Bonchev–Trinajstić information content (AvgIpc) is 2.83. The molecule has 2 rings (SSSR count). The second kappa shape index (κ2) is 6.72. The van der Waals surface area contributed by atoms with Crippen LogP contribution in [0.5, 0.6) is 0 Å². The van der Waals surface area contributed by atoms with Crippen LogP contribution in [0.15, 0.2) is 34.8 Å². The van der Waals surface area contributed by atoms with E-state index in [0.29, 0.717) is 15.5 Å². The zero-order valence-electron chi connectivity index (χ0n) is 13.5. The summed E-state index contributed by atoms with van der Waals surface area (Å²) in [5, 5.41) is 5.89. The second-order valence-corrected chi connectivity index (χ2v) is 7.50. The molecule has 1 aromatic carbocycles. The minimum atomic E-state index is -0.609. The predicted molar refractivity (Wildman–Crippen MR) is 95.3 cm³/mol. The lowest BCUT2D eigenvalue weighted by Crippen LogP contribution is -2.16. The van der Waals surface area contributed by atoms with E-state index < -0.39 is 5.97 Å². The smallest absolute Gasteiger partial charge is 0.377 e. The van der Waals surface area contributed by atoms with Crippen molar-refractivity contribution in [3.63, 3.8) is 0 Å². The van der Waals surface area contributed by atoms with Gasteiger partial charge in [0, 0.05) is 5.56 Å². The first-order valence-electron chi connectivity index (χ1n) is 7.09. The molecule has 0 amide bonds. The highest BCUT2D eigenvalue weighted by Crippen LogP contribution is 2.27. The Morgan fingerprint density at radius 1 is 1.26 bits per heavy atom. The monoisotopic (exact) mass is 350 g/mol. The summed E-state index contributed by atoms with van der Waals surface area (Å²) >= 11 is 7.25. The fourth-order valence-corrected chi connectivity index (χ4v) is 3.03. The fraction of sp³-hybridized carbons (Fsp3) is 0.294. The number of thiophene rings is 1. The van der Waals surface area contributed by atoms with Gasteiger partial charge in [0.25, 0.3) is 0 Å². The first kappa shape index (κ1) is 17.5. The van der Waals surface area contributed by atoms with Gasteiger partial charge in [0.1, 0.15) is 4.88 Å². The van der Waals surface area contributed by atoms with Gasteiger partial charge < -0.3 is 10.6 Å². The first-order valence-corrected chi connectivity index (χ1v) is 8.35.